The van der Waals surface area contributed by atoms with Gasteiger partial charge in [-0.3, -0.25) is 9.59 Å². The molecule has 0 aliphatic carbocycles. The standard InChI is InChI=1S/C21H23N3O6S/c1-15(30-16-5-3-2-4-6-16)21(26)23-9-11-24(12-10-23)31(27,28)17-7-8-19-18(13-17)22-20(25)14-29-19/h2-8,13,15H,9-12,14H2,1H3,(H,22,25)/t15-/m0/s1. The summed E-state index contributed by atoms with van der Waals surface area (Å²) in [4.78, 5) is 25.9. The number of sulfonamides is 1. The number of carbonyl (C=O) groups is 2. The number of hydrogen-bond acceptors (Lipinski definition) is 6. The largest absolute Gasteiger partial charge is 0.482 e. The topological polar surface area (TPSA) is 105 Å². The van der Waals surface area contributed by atoms with E-state index in [0.29, 0.717) is 17.2 Å². The zero-order valence-electron chi connectivity index (χ0n) is 17.0. The second kappa shape index (κ2) is 8.56. The predicted octanol–water partition coefficient (Wildman–Crippen LogP) is 1.32. The summed E-state index contributed by atoms with van der Waals surface area (Å²) in [5.74, 6) is 0.518. The Balaban J connectivity index is 1.39. The van der Waals surface area contributed by atoms with Gasteiger partial charge >= 0.3 is 0 Å². The third-order valence-electron chi connectivity index (χ3n) is 5.18. The first-order valence-corrected chi connectivity index (χ1v) is 11.4. The minimum absolute atomic E-state index is 0.0672. The normalized spacial score (nSPS) is 17.8. The van der Waals surface area contributed by atoms with Crippen molar-refractivity contribution in [2.75, 3.05) is 38.1 Å². The summed E-state index contributed by atoms with van der Waals surface area (Å²) < 4.78 is 38.4. The van der Waals surface area contributed by atoms with Gasteiger partial charge < -0.3 is 19.7 Å². The van der Waals surface area contributed by atoms with E-state index in [-0.39, 0.29) is 49.5 Å². The first-order chi connectivity index (χ1) is 14.8. The Morgan fingerprint density at radius 1 is 1.10 bits per heavy atom. The van der Waals surface area contributed by atoms with Crippen LogP contribution in [0.2, 0.25) is 0 Å². The molecule has 2 amide bonds. The van der Waals surface area contributed by atoms with Crippen molar-refractivity contribution in [1.82, 2.24) is 9.21 Å². The van der Waals surface area contributed by atoms with E-state index in [0.717, 1.165) is 0 Å². The van der Waals surface area contributed by atoms with Crippen LogP contribution in [0.4, 0.5) is 5.69 Å². The molecule has 0 bridgehead atoms. The van der Waals surface area contributed by atoms with E-state index < -0.39 is 16.1 Å². The van der Waals surface area contributed by atoms with Crippen molar-refractivity contribution >= 4 is 27.5 Å². The third-order valence-corrected chi connectivity index (χ3v) is 7.07. The average molecular weight is 445 g/mol. The fourth-order valence-corrected chi connectivity index (χ4v) is 4.98. The lowest BCUT2D eigenvalue weighted by Crippen LogP contribution is -2.53. The fourth-order valence-electron chi connectivity index (χ4n) is 3.53. The Hall–Kier alpha value is -3.11. The van der Waals surface area contributed by atoms with E-state index in [2.05, 4.69) is 5.32 Å². The van der Waals surface area contributed by atoms with Crippen molar-refractivity contribution in [3.8, 4) is 11.5 Å². The summed E-state index contributed by atoms with van der Waals surface area (Å²) in [6, 6.07) is 13.5. The van der Waals surface area contributed by atoms with Crippen LogP contribution in [0.5, 0.6) is 11.5 Å². The number of nitrogens with one attached hydrogen (secondary N) is 1. The van der Waals surface area contributed by atoms with Gasteiger partial charge in [-0.25, -0.2) is 8.42 Å². The summed E-state index contributed by atoms with van der Waals surface area (Å²) in [7, 11) is -3.77. The van der Waals surface area contributed by atoms with Crippen molar-refractivity contribution in [2.45, 2.75) is 17.9 Å². The van der Waals surface area contributed by atoms with Crippen molar-refractivity contribution in [1.29, 1.82) is 0 Å². The van der Waals surface area contributed by atoms with Crippen molar-refractivity contribution in [3.05, 3.63) is 48.5 Å². The van der Waals surface area contributed by atoms with E-state index in [1.54, 1.807) is 24.0 Å². The summed E-state index contributed by atoms with van der Waals surface area (Å²) in [6.45, 7) is 2.47. The van der Waals surface area contributed by atoms with Crippen LogP contribution < -0.4 is 14.8 Å². The molecular formula is C21H23N3O6S. The van der Waals surface area contributed by atoms with Crippen LogP contribution in [0, 0.1) is 0 Å². The van der Waals surface area contributed by atoms with Gasteiger partial charge in [0.05, 0.1) is 10.6 Å². The molecule has 9 nitrogen and oxygen atoms in total. The number of carbonyl (C=O) groups excluding carboxylic acids is 2. The summed E-state index contributed by atoms with van der Waals surface area (Å²) in [5.41, 5.74) is 0.332. The van der Waals surface area contributed by atoms with Crippen LogP contribution in [0.15, 0.2) is 53.4 Å². The Kier molecular flexibility index (Phi) is 5.84. The van der Waals surface area contributed by atoms with Gasteiger partial charge in [0.25, 0.3) is 11.8 Å². The molecule has 0 aromatic heterocycles. The van der Waals surface area contributed by atoms with Crippen LogP contribution in [0.25, 0.3) is 0 Å². The number of ether oxygens (including phenoxy) is 2. The number of rotatable bonds is 5. The van der Waals surface area contributed by atoms with Crippen LogP contribution in [0.1, 0.15) is 6.92 Å². The Labute approximate surface area is 180 Å². The molecule has 2 aliphatic heterocycles. The fraction of sp³-hybridized carbons (Fsp3) is 0.333. The second-order valence-corrected chi connectivity index (χ2v) is 9.24. The lowest BCUT2D eigenvalue weighted by Gasteiger charge is -2.35. The number of nitrogens with zero attached hydrogens (tertiary/aromatic N) is 2. The molecule has 0 saturated carbocycles. The molecule has 164 valence electrons. The van der Waals surface area contributed by atoms with E-state index >= 15 is 0 Å². The van der Waals surface area contributed by atoms with E-state index in [1.807, 2.05) is 18.2 Å². The molecule has 2 aromatic carbocycles. The predicted molar refractivity (Wildman–Crippen MR) is 112 cm³/mol. The summed E-state index contributed by atoms with van der Waals surface area (Å²) in [5, 5.41) is 2.62. The molecule has 0 radical (unpaired) electrons. The summed E-state index contributed by atoms with van der Waals surface area (Å²) >= 11 is 0. The number of amides is 2. The quantitative estimate of drug-likeness (QED) is 0.744. The molecule has 4 rings (SSSR count). The molecule has 2 aromatic rings. The number of para-hydroxylation sites is 1. The molecule has 1 atom stereocenters. The molecule has 1 N–H and O–H groups in total. The molecule has 0 unspecified atom stereocenters. The maximum absolute atomic E-state index is 13.1. The monoisotopic (exact) mass is 445 g/mol. The van der Waals surface area contributed by atoms with E-state index in [4.69, 9.17) is 9.47 Å². The molecule has 2 heterocycles. The number of piperazine rings is 1. The highest BCUT2D eigenvalue weighted by Crippen LogP contribution is 2.31. The SMILES string of the molecule is C[C@H](Oc1ccccc1)C(=O)N1CCN(S(=O)(=O)c2ccc3c(c2)NC(=O)CO3)CC1. The third kappa shape index (κ3) is 4.49. The van der Waals surface area contributed by atoms with Gasteiger partial charge in [0, 0.05) is 26.2 Å². The first-order valence-electron chi connectivity index (χ1n) is 9.92. The van der Waals surface area contributed by atoms with E-state index in [9.17, 15) is 18.0 Å². The molecule has 1 fully saturated rings. The molecular weight excluding hydrogens is 422 g/mol. The second-order valence-electron chi connectivity index (χ2n) is 7.30. The maximum Gasteiger partial charge on any atom is 0.263 e. The number of hydrogen-bond donors (Lipinski definition) is 1. The molecule has 1 saturated heterocycles. The number of anilines is 1. The highest BCUT2D eigenvalue weighted by Gasteiger charge is 2.32. The van der Waals surface area contributed by atoms with Gasteiger partial charge in [-0.2, -0.15) is 4.31 Å². The van der Waals surface area contributed by atoms with Crippen molar-refractivity contribution in [3.63, 3.8) is 0 Å². The average Bonchev–Trinajstić information content (AvgIpc) is 2.78. The van der Waals surface area contributed by atoms with Gasteiger partial charge in [-0.05, 0) is 37.3 Å². The zero-order valence-corrected chi connectivity index (χ0v) is 17.8. The highest BCUT2D eigenvalue weighted by molar-refractivity contribution is 7.89. The van der Waals surface area contributed by atoms with E-state index in [1.165, 1.54) is 22.5 Å². The molecule has 0 spiro atoms. The minimum Gasteiger partial charge on any atom is -0.482 e. The lowest BCUT2D eigenvalue weighted by atomic mass is 10.2. The maximum atomic E-state index is 13.1. The zero-order chi connectivity index (χ0) is 22.0. The Morgan fingerprint density at radius 3 is 2.52 bits per heavy atom. The summed E-state index contributed by atoms with van der Waals surface area (Å²) in [6.07, 6.45) is -0.671. The highest BCUT2D eigenvalue weighted by atomic mass is 32.2. The lowest BCUT2D eigenvalue weighted by molar-refractivity contribution is -0.139. The van der Waals surface area contributed by atoms with Gasteiger partial charge in [-0.1, -0.05) is 18.2 Å². The van der Waals surface area contributed by atoms with Crippen LogP contribution in [-0.4, -0.2) is 68.3 Å². The molecule has 31 heavy (non-hydrogen) atoms. The molecule has 2 aliphatic rings. The van der Waals surface area contributed by atoms with Gasteiger partial charge in [0.2, 0.25) is 10.0 Å². The first kappa shape index (κ1) is 21.1. The molecule has 10 heteroatoms. The Bertz CT molecular complexity index is 1080. The van der Waals surface area contributed by atoms with Crippen LogP contribution in [0.3, 0.4) is 0 Å². The smallest absolute Gasteiger partial charge is 0.263 e. The van der Waals surface area contributed by atoms with Crippen LogP contribution in [-0.2, 0) is 19.6 Å². The Morgan fingerprint density at radius 2 is 1.81 bits per heavy atom. The van der Waals surface area contributed by atoms with Crippen molar-refractivity contribution < 1.29 is 27.5 Å². The number of fused-ring (bicyclic) bond motifs is 1. The number of benzene rings is 2. The van der Waals surface area contributed by atoms with Gasteiger partial charge in [-0.15, -0.1) is 0 Å². The van der Waals surface area contributed by atoms with Crippen molar-refractivity contribution in [2.24, 2.45) is 0 Å². The van der Waals surface area contributed by atoms with Crippen LogP contribution >= 0.6 is 0 Å². The van der Waals surface area contributed by atoms with Gasteiger partial charge in [0.1, 0.15) is 11.5 Å². The van der Waals surface area contributed by atoms with Gasteiger partial charge in [0.15, 0.2) is 12.7 Å². The minimum atomic E-state index is -3.77.